The van der Waals surface area contributed by atoms with Crippen LogP contribution in [0.5, 0.6) is 0 Å². The maximum absolute atomic E-state index is 6.20. The highest BCUT2D eigenvalue weighted by atomic mass is 16.5. The lowest BCUT2D eigenvalue weighted by Gasteiger charge is -2.17. The van der Waals surface area contributed by atoms with Crippen LogP contribution in [-0.2, 0) is 17.7 Å². The summed E-state index contributed by atoms with van der Waals surface area (Å²) in [6.07, 6.45) is 6.99. The van der Waals surface area contributed by atoms with Crippen molar-refractivity contribution in [3.8, 4) is 0 Å². The average Bonchev–Trinajstić information content (AvgIpc) is 2.90. The molecule has 1 aromatic rings. The summed E-state index contributed by atoms with van der Waals surface area (Å²) in [6, 6.07) is 0.181. The monoisotopic (exact) mass is 223 g/mol. The summed E-state index contributed by atoms with van der Waals surface area (Å²) in [7, 11) is 0. The lowest BCUT2D eigenvalue weighted by molar-refractivity contribution is 0.180. The number of rotatable bonds is 5. The van der Waals surface area contributed by atoms with E-state index in [1.54, 1.807) is 0 Å². The van der Waals surface area contributed by atoms with Crippen molar-refractivity contribution >= 4 is 0 Å². The van der Waals surface area contributed by atoms with Gasteiger partial charge in [0.1, 0.15) is 5.82 Å². The second-order valence-corrected chi connectivity index (χ2v) is 4.53. The minimum absolute atomic E-state index is 0.181. The van der Waals surface area contributed by atoms with Crippen LogP contribution in [-0.4, -0.2) is 28.8 Å². The number of hydrogen-bond donors (Lipinski definition) is 1. The lowest BCUT2D eigenvalue weighted by atomic mass is 9.97. The van der Waals surface area contributed by atoms with Crippen LogP contribution in [0.4, 0.5) is 0 Å². The predicted molar refractivity (Wildman–Crippen MR) is 63.1 cm³/mol. The molecule has 0 bridgehead atoms. The first-order valence-electron chi connectivity index (χ1n) is 6.14. The summed E-state index contributed by atoms with van der Waals surface area (Å²) < 4.78 is 7.57. The Kier molecular flexibility index (Phi) is 3.96. The number of ether oxygens (including phenoxy) is 1. The largest absolute Gasteiger partial charge is 0.381 e. The summed E-state index contributed by atoms with van der Waals surface area (Å²) in [6.45, 7) is 4.88. The molecule has 1 aliphatic rings. The average molecular weight is 223 g/mol. The zero-order valence-corrected chi connectivity index (χ0v) is 9.93. The molecule has 0 aromatic carbocycles. The van der Waals surface area contributed by atoms with E-state index in [0.717, 1.165) is 44.8 Å². The Morgan fingerprint density at radius 3 is 3.25 bits per heavy atom. The molecule has 2 N–H and O–H groups in total. The van der Waals surface area contributed by atoms with Crippen LogP contribution in [0.15, 0.2) is 12.4 Å². The van der Waals surface area contributed by atoms with Gasteiger partial charge in [-0.2, -0.15) is 0 Å². The molecule has 2 rings (SSSR count). The highest BCUT2D eigenvalue weighted by Crippen LogP contribution is 2.18. The van der Waals surface area contributed by atoms with Gasteiger partial charge in [-0.15, -0.1) is 0 Å². The van der Waals surface area contributed by atoms with Gasteiger partial charge in [0.25, 0.3) is 0 Å². The van der Waals surface area contributed by atoms with Gasteiger partial charge in [-0.1, -0.05) is 6.92 Å². The van der Waals surface area contributed by atoms with Gasteiger partial charge in [0.2, 0.25) is 0 Å². The normalized spacial score (nSPS) is 22.5. The van der Waals surface area contributed by atoms with Crippen LogP contribution < -0.4 is 5.73 Å². The molecule has 90 valence electrons. The van der Waals surface area contributed by atoms with Crippen LogP contribution in [0.2, 0.25) is 0 Å². The van der Waals surface area contributed by atoms with E-state index in [2.05, 4.69) is 16.5 Å². The van der Waals surface area contributed by atoms with Crippen molar-refractivity contribution in [3.05, 3.63) is 18.2 Å². The van der Waals surface area contributed by atoms with E-state index in [1.165, 1.54) is 0 Å². The molecule has 2 heterocycles. The van der Waals surface area contributed by atoms with Gasteiger partial charge in [0.05, 0.1) is 6.61 Å². The Bertz CT molecular complexity index is 318. The SMILES string of the molecule is CCCn1ccnc1CC(N)C1CCOC1. The maximum atomic E-state index is 6.20. The van der Waals surface area contributed by atoms with Gasteiger partial charge in [-0.05, 0) is 18.8 Å². The maximum Gasteiger partial charge on any atom is 0.110 e. The van der Waals surface area contributed by atoms with Crippen molar-refractivity contribution in [3.63, 3.8) is 0 Å². The number of nitrogens with two attached hydrogens (primary N) is 1. The molecule has 2 unspecified atom stereocenters. The molecule has 0 spiro atoms. The third kappa shape index (κ3) is 2.62. The molecular weight excluding hydrogens is 202 g/mol. The fraction of sp³-hybridized carbons (Fsp3) is 0.750. The molecule has 16 heavy (non-hydrogen) atoms. The summed E-state index contributed by atoms with van der Waals surface area (Å²) in [5.41, 5.74) is 6.20. The van der Waals surface area contributed by atoms with Crippen molar-refractivity contribution in [1.82, 2.24) is 9.55 Å². The van der Waals surface area contributed by atoms with E-state index in [1.807, 2.05) is 12.4 Å². The van der Waals surface area contributed by atoms with Gasteiger partial charge in [-0.3, -0.25) is 0 Å². The first kappa shape index (κ1) is 11.6. The third-order valence-electron chi connectivity index (χ3n) is 3.25. The number of nitrogens with zero attached hydrogens (tertiary/aromatic N) is 2. The van der Waals surface area contributed by atoms with Gasteiger partial charge < -0.3 is 15.0 Å². The lowest BCUT2D eigenvalue weighted by Crippen LogP contribution is -2.33. The highest BCUT2D eigenvalue weighted by molar-refractivity contribution is 4.96. The Balaban J connectivity index is 1.94. The quantitative estimate of drug-likeness (QED) is 0.816. The Morgan fingerprint density at radius 2 is 2.56 bits per heavy atom. The standard InChI is InChI=1S/C12H21N3O/c1-2-5-15-6-4-14-12(15)8-11(13)10-3-7-16-9-10/h4,6,10-11H,2-3,5,7-9,13H2,1H3. The fourth-order valence-electron chi connectivity index (χ4n) is 2.24. The fourth-order valence-corrected chi connectivity index (χ4v) is 2.24. The zero-order chi connectivity index (χ0) is 11.4. The third-order valence-corrected chi connectivity index (χ3v) is 3.25. The number of aryl methyl sites for hydroxylation is 1. The van der Waals surface area contributed by atoms with E-state index in [4.69, 9.17) is 10.5 Å². The predicted octanol–water partition coefficient (Wildman–Crippen LogP) is 1.20. The van der Waals surface area contributed by atoms with Crippen LogP contribution in [0, 0.1) is 5.92 Å². The Hall–Kier alpha value is -0.870. The van der Waals surface area contributed by atoms with Crippen molar-refractivity contribution in [1.29, 1.82) is 0 Å². The van der Waals surface area contributed by atoms with E-state index in [9.17, 15) is 0 Å². The van der Waals surface area contributed by atoms with Crippen molar-refractivity contribution in [2.24, 2.45) is 11.7 Å². The van der Waals surface area contributed by atoms with Crippen LogP contribution >= 0.6 is 0 Å². The molecular formula is C12H21N3O. The second-order valence-electron chi connectivity index (χ2n) is 4.53. The van der Waals surface area contributed by atoms with Crippen molar-refractivity contribution in [2.45, 2.75) is 38.8 Å². The first-order chi connectivity index (χ1) is 7.81. The highest BCUT2D eigenvalue weighted by Gasteiger charge is 2.23. The molecule has 0 aliphatic carbocycles. The number of imidazole rings is 1. The minimum Gasteiger partial charge on any atom is -0.381 e. The molecule has 1 saturated heterocycles. The van der Waals surface area contributed by atoms with Crippen LogP contribution in [0.25, 0.3) is 0 Å². The van der Waals surface area contributed by atoms with Gasteiger partial charge >= 0.3 is 0 Å². The molecule has 1 aliphatic heterocycles. The molecule has 0 radical (unpaired) electrons. The molecule has 1 aromatic heterocycles. The number of aromatic nitrogens is 2. The Morgan fingerprint density at radius 1 is 1.69 bits per heavy atom. The molecule has 0 saturated carbocycles. The molecule has 2 atom stereocenters. The number of hydrogen-bond acceptors (Lipinski definition) is 3. The van der Waals surface area contributed by atoms with E-state index < -0.39 is 0 Å². The topological polar surface area (TPSA) is 53.1 Å². The minimum atomic E-state index is 0.181. The van der Waals surface area contributed by atoms with Crippen molar-refractivity contribution < 1.29 is 4.74 Å². The summed E-state index contributed by atoms with van der Waals surface area (Å²) in [4.78, 5) is 4.39. The summed E-state index contributed by atoms with van der Waals surface area (Å²) in [5, 5.41) is 0. The van der Waals surface area contributed by atoms with Crippen LogP contribution in [0.3, 0.4) is 0 Å². The second kappa shape index (κ2) is 5.46. The summed E-state index contributed by atoms with van der Waals surface area (Å²) in [5.74, 6) is 1.62. The smallest absolute Gasteiger partial charge is 0.110 e. The molecule has 4 nitrogen and oxygen atoms in total. The first-order valence-corrected chi connectivity index (χ1v) is 6.14. The molecule has 0 amide bonds. The Labute approximate surface area is 96.8 Å². The van der Waals surface area contributed by atoms with E-state index in [0.29, 0.717) is 5.92 Å². The van der Waals surface area contributed by atoms with Crippen molar-refractivity contribution in [2.75, 3.05) is 13.2 Å². The van der Waals surface area contributed by atoms with E-state index in [-0.39, 0.29) is 6.04 Å². The van der Waals surface area contributed by atoms with Gasteiger partial charge in [0, 0.05) is 38.0 Å². The van der Waals surface area contributed by atoms with Crippen LogP contribution in [0.1, 0.15) is 25.6 Å². The molecule has 1 fully saturated rings. The zero-order valence-electron chi connectivity index (χ0n) is 9.93. The molecule has 4 heteroatoms. The van der Waals surface area contributed by atoms with Gasteiger partial charge in [-0.25, -0.2) is 4.98 Å². The van der Waals surface area contributed by atoms with Gasteiger partial charge in [0.15, 0.2) is 0 Å². The van der Waals surface area contributed by atoms with E-state index >= 15 is 0 Å². The summed E-state index contributed by atoms with van der Waals surface area (Å²) >= 11 is 0.